The van der Waals surface area contributed by atoms with Gasteiger partial charge in [0.15, 0.2) is 11.5 Å². The molecule has 1 amide bonds. The minimum absolute atomic E-state index is 0.0746. The summed E-state index contributed by atoms with van der Waals surface area (Å²) in [6.07, 6.45) is 0.423. The molecule has 2 rings (SSSR count). The number of alkyl halides is 2. The average Bonchev–Trinajstić information content (AvgIpc) is 2.61. The molecule has 2 aromatic carbocycles. The summed E-state index contributed by atoms with van der Waals surface area (Å²) in [5.41, 5.74) is 7.61. The number of hydrogen-bond acceptors (Lipinski definition) is 4. The van der Waals surface area contributed by atoms with Crippen LogP contribution in [0.1, 0.15) is 11.1 Å². The Morgan fingerprint density at radius 3 is 2.42 bits per heavy atom. The van der Waals surface area contributed by atoms with E-state index in [1.54, 1.807) is 13.1 Å². The Bertz CT molecular complexity index is 726. The van der Waals surface area contributed by atoms with E-state index in [0.29, 0.717) is 12.0 Å². The molecular weight excluding hydrogens is 342 g/mol. The van der Waals surface area contributed by atoms with Crippen LogP contribution in [0.3, 0.4) is 0 Å². The second kappa shape index (κ2) is 9.15. The third-order valence-corrected chi connectivity index (χ3v) is 3.86. The Kier molecular flexibility index (Phi) is 6.91. The summed E-state index contributed by atoms with van der Waals surface area (Å²) in [4.78, 5) is 13.9. The molecular formula is C19H22F2N2O3. The molecule has 0 heterocycles. The Morgan fingerprint density at radius 1 is 1.12 bits per heavy atom. The fourth-order valence-corrected chi connectivity index (χ4v) is 2.60. The number of halogens is 2. The topological polar surface area (TPSA) is 64.8 Å². The number of nitrogens with two attached hydrogens (primary N) is 1. The van der Waals surface area contributed by atoms with Gasteiger partial charge in [0.1, 0.15) is 0 Å². The predicted molar refractivity (Wildman–Crippen MR) is 94.2 cm³/mol. The molecule has 0 fully saturated rings. The van der Waals surface area contributed by atoms with Crippen LogP contribution >= 0.6 is 0 Å². The van der Waals surface area contributed by atoms with Gasteiger partial charge in [0.25, 0.3) is 0 Å². The van der Waals surface area contributed by atoms with E-state index in [2.05, 4.69) is 4.74 Å². The minimum atomic E-state index is -2.96. The third-order valence-electron chi connectivity index (χ3n) is 3.86. The smallest absolute Gasteiger partial charge is 0.387 e. The normalized spacial score (nSPS) is 11.9. The Balaban J connectivity index is 2.03. The fourth-order valence-electron chi connectivity index (χ4n) is 2.60. The molecule has 26 heavy (non-hydrogen) atoms. The van der Waals surface area contributed by atoms with Crippen molar-refractivity contribution in [2.75, 3.05) is 14.2 Å². The van der Waals surface area contributed by atoms with Crippen molar-refractivity contribution in [1.82, 2.24) is 4.90 Å². The first-order valence-corrected chi connectivity index (χ1v) is 8.07. The van der Waals surface area contributed by atoms with Crippen molar-refractivity contribution in [2.24, 2.45) is 5.73 Å². The van der Waals surface area contributed by atoms with Gasteiger partial charge in [-0.15, -0.1) is 0 Å². The van der Waals surface area contributed by atoms with Crippen molar-refractivity contribution in [2.45, 2.75) is 25.6 Å². The number of amides is 1. The maximum Gasteiger partial charge on any atom is 0.387 e. The number of carbonyl (C=O) groups is 1. The van der Waals surface area contributed by atoms with Crippen molar-refractivity contribution >= 4 is 5.91 Å². The van der Waals surface area contributed by atoms with Gasteiger partial charge < -0.3 is 20.1 Å². The summed E-state index contributed by atoms with van der Waals surface area (Å²) in [7, 11) is 2.98. The summed E-state index contributed by atoms with van der Waals surface area (Å²) in [6.45, 7) is -2.75. The molecule has 0 radical (unpaired) electrons. The zero-order valence-corrected chi connectivity index (χ0v) is 14.7. The zero-order valence-electron chi connectivity index (χ0n) is 14.7. The maximum atomic E-state index is 12.5. The van der Waals surface area contributed by atoms with Crippen LogP contribution in [0.4, 0.5) is 8.78 Å². The van der Waals surface area contributed by atoms with Crippen LogP contribution in [0, 0.1) is 0 Å². The van der Waals surface area contributed by atoms with Crippen LogP contribution in [-0.4, -0.2) is 37.6 Å². The molecule has 0 aromatic heterocycles. The largest absolute Gasteiger partial charge is 0.493 e. The number of rotatable bonds is 8. The van der Waals surface area contributed by atoms with Crippen molar-refractivity contribution in [3.05, 3.63) is 59.7 Å². The highest BCUT2D eigenvalue weighted by molar-refractivity contribution is 5.81. The number of nitrogens with zero attached hydrogens (tertiary/aromatic N) is 1. The number of hydrogen-bond donors (Lipinski definition) is 1. The molecule has 0 aliphatic rings. The van der Waals surface area contributed by atoms with Gasteiger partial charge in [-0.05, 0) is 29.7 Å². The van der Waals surface area contributed by atoms with E-state index >= 15 is 0 Å². The van der Waals surface area contributed by atoms with E-state index in [1.807, 2.05) is 30.3 Å². The summed E-state index contributed by atoms with van der Waals surface area (Å²) < 4.78 is 34.5. The lowest BCUT2D eigenvalue weighted by molar-refractivity contribution is -0.131. The van der Waals surface area contributed by atoms with Crippen LogP contribution < -0.4 is 15.2 Å². The molecule has 2 N–H and O–H groups in total. The summed E-state index contributed by atoms with van der Waals surface area (Å²) >= 11 is 0. The van der Waals surface area contributed by atoms with Gasteiger partial charge in [0, 0.05) is 13.6 Å². The van der Waals surface area contributed by atoms with Crippen molar-refractivity contribution in [1.29, 1.82) is 0 Å². The number of carbonyl (C=O) groups excluding carboxylic acids is 1. The lowest BCUT2D eigenvalue weighted by Gasteiger charge is -2.22. The highest BCUT2D eigenvalue weighted by Crippen LogP contribution is 2.29. The molecule has 0 saturated heterocycles. The molecule has 2 aromatic rings. The fraction of sp³-hybridized carbons (Fsp3) is 0.316. The molecule has 0 unspecified atom stereocenters. The van der Waals surface area contributed by atoms with Gasteiger partial charge in [0.05, 0.1) is 13.2 Å². The first kappa shape index (κ1) is 19.7. The minimum Gasteiger partial charge on any atom is -0.493 e. The van der Waals surface area contributed by atoms with Gasteiger partial charge in [-0.25, -0.2) is 0 Å². The van der Waals surface area contributed by atoms with E-state index in [4.69, 9.17) is 10.5 Å². The summed E-state index contributed by atoms with van der Waals surface area (Å²) in [6, 6.07) is 13.4. The van der Waals surface area contributed by atoms with Gasteiger partial charge in [0.2, 0.25) is 5.91 Å². The molecule has 0 aliphatic carbocycles. The molecule has 1 atom stereocenters. The van der Waals surface area contributed by atoms with E-state index in [-0.39, 0.29) is 24.0 Å². The summed E-state index contributed by atoms with van der Waals surface area (Å²) in [5.74, 6) is -0.112. The Hall–Kier alpha value is -2.67. The van der Waals surface area contributed by atoms with Crippen LogP contribution in [0.25, 0.3) is 0 Å². The monoisotopic (exact) mass is 364 g/mol. The van der Waals surface area contributed by atoms with Crippen molar-refractivity contribution in [3.8, 4) is 11.5 Å². The first-order valence-electron chi connectivity index (χ1n) is 8.07. The SMILES string of the molecule is COc1ccc(CN(C)C(=O)[C@@H](N)Cc2ccccc2)cc1OC(F)F. The van der Waals surface area contributed by atoms with E-state index < -0.39 is 12.7 Å². The standard InChI is InChI=1S/C19H22F2N2O3/c1-23(18(24)15(22)10-13-6-4-3-5-7-13)12-14-8-9-16(25-2)17(11-14)26-19(20)21/h3-9,11,15,19H,10,12,22H2,1-2H3/t15-/m0/s1. The molecule has 5 nitrogen and oxygen atoms in total. The molecule has 140 valence electrons. The van der Waals surface area contributed by atoms with Crippen molar-refractivity contribution in [3.63, 3.8) is 0 Å². The van der Waals surface area contributed by atoms with Crippen LogP contribution in [-0.2, 0) is 17.8 Å². The van der Waals surface area contributed by atoms with Crippen LogP contribution in [0.15, 0.2) is 48.5 Å². The second-order valence-electron chi connectivity index (χ2n) is 5.85. The van der Waals surface area contributed by atoms with E-state index in [9.17, 15) is 13.6 Å². The predicted octanol–water partition coefficient (Wildman–Crippen LogP) is 2.83. The molecule has 0 aliphatic heterocycles. The molecule has 0 saturated carbocycles. The summed E-state index contributed by atoms with van der Waals surface area (Å²) in [5, 5.41) is 0. The van der Waals surface area contributed by atoms with Crippen LogP contribution in [0.5, 0.6) is 11.5 Å². The lowest BCUT2D eigenvalue weighted by Crippen LogP contribution is -2.42. The third kappa shape index (κ3) is 5.42. The van der Waals surface area contributed by atoms with Gasteiger partial charge in [-0.3, -0.25) is 4.79 Å². The van der Waals surface area contributed by atoms with Crippen molar-refractivity contribution < 1.29 is 23.0 Å². The maximum absolute atomic E-state index is 12.5. The average molecular weight is 364 g/mol. The number of benzene rings is 2. The quantitative estimate of drug-likeness (QED) is 0.782. The number of methoxy groups -OCH3 is 1. The van der Waals surface area contributed by atoms with Gasteiger partial charge in [-0.1, -0.05) is 36.4 Å². The molecule has 0 bridgehead atoms. The van der Waals surface area contributed by atoms with E-state index in [1.165, 1.54) is 24.1 Å². The second-order valence-corrected chi connectivity index (χ2v) is 5.85. The Morgan fingerprint density at radius 2 is 1.81 bits per heavy atom. The van der Waals surface area contributed by atoms with Gasteiger partial charge in [-0.2, -0.15) is 8.78 Å². The highest BCUT2D eigenvalue weighted by atomic mass is 19.3. The zero-order chi connectivity index (χ0) is 19.1. The van der Waals surface area contributed by atoms with Gasteiger partial charge >= 0.3 is 6.61 Å². The van der Waals surface area contributed by atoms with E-state index in [0.717, 1.165) is 5.56 Å². The first-order chi connectivity index (χ1) is 12.4. The molecule has 0 spiro atoms. The lowest BCUT2D eigenvalue weighted by atomic mass is 10.1. The number of ether oxygens (including phenoxy) is 2. The van der Waals surface area contributed by atoms with Crippen LogP contribution in [0.2, 0.25) is 0 Å². The highest BCUT2D eigenvalue weighted by Gasteiger charge is 2.19. The Labute approximate surface area is 151 Å². The molecule has 7 heteroatoms. The number of likely N-dealkylation sites (N-methyl/N-ethyl adjacent to an activating group) is 1.